The Hall–Kier alpha value is -1.05. The van der Waals surface area contributed by atoms with Gasteiger partial charge in [0.1, 0.15) is 5.60 Å². The van der Waals surface area contributed by atoms with Crippen molar-refractivity contribution in [3.8, 4) is 0 Å². The van der Waals surface area contributed by atoms with Gasteiger partial charge in [-0.1, -0.05) is 30.7 Å². The number of allylic oxidation sites excluding steroid dienone is 4. The highest BCUT2D eigenvalue weighted by Gasteiger charge is 2.52. The number of fused-ring (bicyclic) bond motifs is 4. The van der Waals surface area contributed by atoms with Gasteiger partial charge in [0.05, 0.1) is 5.92 Å². The molecule has 3 saturated carbocycles. The maximum atomic E-state index is 13.1. The van der Waals surface area contributed by atoms with Gasteiger partial charge in [-0.05, 0) is 87.4 Å². The van der Waals surface area contributed by atoms with Crippen molar-refractivity contribution in [2.45, 2.75) is 64.4 Å². The lowest BCUT2D eigenvalue weighted by Crippen LogP contribution is -2.40. The number of esters is 1. The van der Waals surface area contributed by atoms with E-state index in [1.54, 1.807) is 5.57 Å². The Morgan fingerprint density at radius 2 is 2.04 bits per heavy atom. The van der Waals surface area contributed by atoms with E-state index in [0.717, 1.165) is 18.8 Å². The van der Waals surface area contributed by atoms with Crippen molar-refractivity contribution in [1.29, 1.82) is 0 Å². The molecule has 5 aliphatic carbocycles. The van der Waals surface area contributed by atoms with Crippen LogP contribution in [-0.2, 0) is 9.53 Å². The molecule has 0 aliphatic heterocycles. The van der Waals surface area contributed by atoms with Crippen LogP contribution in [0.3, 0.4) is 0 Å². The molecule has 0 amide bonds. The highest BCUT2D eigenvalue weighted by molar-refractivity contribution is 5.74. The van der Waals surface area contributed by atoms with Gasteiger partial charge >= 0.3 is 5.97 Å². The molecular formula is C22H30O2. The summed E-state index contributed by atoms with van der Waals surface area (Å²) in [6.45, 7) is 4.52. The highest BCUT2D eigenvalue weighted by atomic mass is 16.6. The summed E-state index contributed by atoms with van der Waals surface area (Å²) in [5, 5.41) is 0. The van der Waals surface area contributed by atoms with E-state index in [1.807, 2.05) is 0 Å². The molecule has 130 valence electrons. The first-order chi connectivity index (χ1) is 11.5. The molecule has 2 nitrogen and oxygen atoms in total. The van der Waals surface area contributed by atoms with Crippen LogP contribution in [0, 0.1) is 41.4 Å². The van der Waals surface area contributed by atoms with Gasteiger partial charge in [-0.2, -0.15) is 0 Å². The van der Waals surface area contributed by atoms with Crippen molar-refractivity contribution in [2.24, 2.45) is 41.4 Å². The minimum Gasteiger partial charge on any atom is -0.459 e. The van der Waals surface area contributed by atoms with E-state index in [2.05, 4.69) is 32.1 Å². The van der Waals surface area contributed by atoms with Gasteiger partial charge in [0.2, 0.25) is 0 Å². The molecule has 0 heterocycles. The van der Waals surface area contributed by atoms with Gasteiger partial charge in [-0.3, -0.25) is 4.79 Å². The van der Waals surface area contributed by atoms with Crippen LogP contribution in [0.1, 0.15) is 58.8 Å². The minimum absolute atomic E-state index is 0.106. The van der Waals surface area contributed by atoms with E-state index in [4.69, 9.17) is 4.74 Å². The zero-order chi connectivity index (χ0) is 16.5. The maximum absolute atomic E-state index is 13.1. The zero-order valence-corrected chi connectivity index (χ0v) is 15.0. The number of rotatable bonds is 3. The van der Waals surface area contributed by atoms with Crippen molar-refractivity contribution in [3.63, 3.8) is 0 Å². The van der Waals surface area contributed by atoms with Crippen LogP contribution in [0.25, 0.3) is 0 Å². The van der Waals surface area contributed by atoms with Crippen molar-refractivity contribution < 1.29 is 9.53 Å². The van der Waals surface area contributed by atoms with Crippen molar-refractivity contribution >= 4 is 5.97 Å². The SMILES string of the molecule is CC1CC(C(=O)OC2(C)CC3CCC2C3)C(C2=CC3C=CC2C3)C1. The number of hydrogen-bond acceptors (Lipinski definition) is 2. The molecule has 24 heavy (non-hydrogen) atoms. The molecule has 0 aromatic rings. The van der Waals surface area contributed by atoms with E-state index in [0.29, 0.717) is 29.6 Å². The molecule has 0 aromatic carbocycles. The molecule has 0 aromatic heterocycles. The predicted octanol–water partition coefficient (Wildman–Crippen LogP) is 4.90. The summed E-state index contributed by atoms with van der Waals surface area (Å²) < 4.78 is 6.25. The second-order valence-corrected chi connectivity index (χ2v) is 9.66. The van der Waals surface area contributed by atoms with Gasteiger partial charge in [0.15, 0.2) is 0 Å². The third-order valence-corrected chi connectivity index (χ3v) is 7.91. The van der Waals surface area contributed by atoms with Gasteiger partial charge in [-0.15, -0.1) is 0 Å². The standard InChI is InChI=1S/C22H30O2/c1-13-7-19(18-11-14-3-5-16(18)9-14)20(8-13)21(23)24-22(2)12-15-4-6-17(22)10-15/h3,5,11,13-17,19-20H,4,6-10,12H2,1-2H3. The second kappa shape index (κ2) is 5.22. The monoisotopic (exact) mass is 326 g/mol. The highest BCUT2D eigenvalue weighted by Crippen LogP contribution is 2.54. The molecule has 0 spiro atoms. The second-order valence-electron chi connectivity index (χ2n) is 9.66. The zero-order valence-electron chi connectivity index (χ0n) is 15.0. The maximum Gasteiger partial charge on any atom is 0.310 e. The fourth-order valence-corrected chi connectivity index (χ4v) is 6.77. The topological polar surface area (TPSA) is 26.3 Å². The number of carbonyl (C=O) groups is 1. The van der Waals surface area contributed by atoms with Crippen LogP contribution in [0.2, 0.25) is 0 Å². The molecule has 3 fully saturated rings. The number of hydrogen-bond donors (Lipinski definition) is 0. The average Bonchev–Trinajstić information content (AvgIpc) is 3.31. The molecule has 5 rings (SSSR count). The van der Waals surface area contributed by atoms with Crippen molar-refractivity contribution in [3.05, 3.63) is 23.8 Å². The van der Waals surface area contributed by atoms with Gasteiger partial charge < -0.3 is 4.74 Å². The molecular weight excluding hydrogens is 296 g/mol. The third-order valence-electron chi connectivity index (χ3n) is 7.91. The first-order valence-electron chi connectivity index (χ1n) is 10.1. The van der Waals surface area contributed by atoms with Crippen LogP contribution in [0.15, 0.2) is 23.8 Å². The van der Waals surface area contributed by atoms with E-state index in [9.17, 15) is 4.79 Å². The smallest absolute Gasteiger partial charge is 0.310 e. The van der Waals surface area contributed by atoms with Crippen LogP contribution >= 0.6 is 0 Å². The Kier molecular flexibility index (Phi) is 3.31. The number of carbonyl (C=O) groups excluding carboxylic acids is 1. The summed E-state index contributed by atoms with van der Waals surface area (Å²) in [5.41, 5.74) is 1.39. The predicted molar refractivity (Wildman–Crippen MR) is 94.1 cm³/mol. The molecule has 0 radical (unpaired) electrons. The lowest BCUT2D eigenvalue weighted by molar-refractivity contribution is -0.169. The molecule has 5 aliphatic rings. The van der Waals surface area contributed by atoms with Crippen molar-refractivity contribution in [1.82, 2.24) is 0 Å². The fourth-order valence-electron chi connectivity index (χ4n) is 6.77. The van der Waals surface area contributed by atoms with Gasteiger partial charge in [0, 0.05) is 0 Å². The summed E-state index contributed by atoms with van der Waals surface area (Å²) in [4.78, 5) is 13.1. The normalized spacial score (nSPS) is 51.4. The van der Waals surface area contributed by atoms with Crippen LogP contribution in [0.4, 0.5) is 0 Å². The molecule has 0 N–H and O–H groups in total. The Morgan fingerprint density at radius 3 is 2.67 bits per heavy atom. The van der Waals surface area contributed by atoms with E-state index in [1.165, 1.54) is 32.1 Å². The molecule has 8 atom stereocenters. The minimum atomic E-state index is -0.167. The molecule has 8 unspecified atom stereocenters. The Morgan fingerprint density at radius 1 is 1.17 bits per heavy atom. The lowest BCUT2D eigenvalue weighted by Gasteiger charge is -2.35. The quantitative estimate of drug-likeness (QED) is 0.544. The Balaban J connectivity index is 1.33. The Labute approximate surface area is 145 Å². The van der Waals surface area contributed by atoms with Gasteiger partial charge in [0.25, 0.3) is 0 Å². The first-order valence-corrected chi connectivity index (χ1v) is 10.1. The summed E-state index contributed by atoms with van der Waals surface area (Å²) >= 11 is 0. The van der Waals surface area contributed by atoms with Crippen LogP contribution in [-0.4, -0.2) is 11.6 Å². The first kappa shape index (κ1) is 15.2. The summed E-state index contributed by atoms with van der Waals surface area (Å²) in [6, 6.07) is 0. The van der Waals surface area contributed by atoms with Crippen molar-refractivity contribution in [2.75, 3.05) is 0 Å². The number of ether oxygens (including phenoxy) is 1. The summed E-state index contributed by atoms with van der Waals surface area (Å²) in [5.74, 6) is 3.98. The molecule has 0 saturated heterocycles. The van der Waals surface area contributed by atoms with E-state index >= 15 is 0 Å². The summed E-state index contributed by atoms with van der Waals surface area (Å²) in [6.07, 6.45) is 15.6. The third kappa shape index (κ3) is 2.24. The van der Waals surface area contributed by atoms with Crippen LogP contribution < -0.4 is 0 Å². The Bertz CT molecular complexity index is 617. The largest absolute Gasteiger partial charge is 0.459 e. The lowest BCUT2D eigenvalue weighted by atomic mass is 9.82. The van der Waals surface area contributed by atoms with Crippen LogP contribution in [0.5, 0.6) is 0 Å². The fraction of sp³-hybridized carbons (Fsp3) is 0.773. The van der Waals surface area contributed by atoms with E-state index < -0.39 is 0 Å². The van der Waals surface area contributed by atoms with E-state index in [-0.39, 0.29) is 17.5 Å². The summed E-state index contributed by atoms with van der Waals surface area (Å²) in [7, 11) is 0. The average molecular weight is 326 g/mol. The molecule has 2 heteroatoms. The molecule has 4 bridgehead atoms. The van der Waals surface area contributed by atoms with Gasteiger partial charge in [-0.25, -0.2) is 0 Å².